The van der Waals surface area contributed by atoms with Crippen molar-refractivity contribution in [3.8, 4) is 0 Å². The Bertz CT molecular complexity index is 1220. The van der Waals surface area contributed by atoms with Gasteiger partial charge in [-0.15, -0.1) is 0 Å². The lowest BCUT2D eigenvalue weighted by molar-refractivity contribution is 0.383. The van der Waals surface area contributed by atoms with Gasteiger partial charge in [0, 0.05) is 13.2 Å². The lowest BCUT2D eigenvalue weighted by Crippen LogP contribution is -2.24. The predicted octanol–water partition coefficient (Wildman–Crippen LogP) is 6.64. The quantitative estimate of drug-likeness (QED) is 0.393. The molecule has 1 nitrogen and oxygen atoms in total. The van der Waals surface area contributed by atoms with Crippen molar-refractivity contribution in [3.63, 3.8) is 0 Å². The molecule has 130 valence electrons. The maximum absolute atomic E-state index is 4.09. The van der Waals surface area contributed by atoms with Crippen molar-refractivity contribution in [2.24, 2.45) is 0 Å². The molecule has 0 saturated carbocycles. The third-order valence-electron chi connectivity index (χ3n) is 5.68. The van der Waals surface area contributed by atoms with E-state index in [-0.39, 0.29) is 6.04 Å². The van der Waals surface area contributed by atoms with Crippen LogP contribution in [0.25, 0.3) is 33.7 Å². The minimum Gasteiger partial charge on any atom is -0.369 e. The second-order valence-corrected chi connectivity index (χ2v) is 7.17. The van der Waals surface area contributed by atoms with Crippen LogP contribution >= 0.6 is 0 Å². The minimum absolute atomic E-state index is 0.161. The molecule has 0 aliphatic carbocycles. The molecule has 0 radical (unpaired) electrons. The van der Waals surface area contributed by atoms with Gasteiger partial charge < -0.3 is 4.90 Å². The molecule has 27 heavy (non-hydrogen) atoms. The van der Waals surface area contributed by atoms with E-state index in [1.807, 2.05) is 6.08 Å². The summed E-state index contributed by atoms with van der Waals surface area (Å²) in [5.74, 6) is 0. The molecule has 4 aromatic carbocycles. The number of nitrogens with zero attached hydrogens (tertiary/aromatic N) is 1. The summed E-state index contributed by atoms with van der Waals surface area (Å²) in [6, 6.07) is 26.3. The highest BCUT2D eigenvalue weighted by molar-refractivity contribution is 5.94. The molecular weight excluding hydrogens is 326 g/mol. The fourth-order valence-corrected chi connectivity index (χ4v) is 4.39. The number of hydrogen-bond donors (Lipinski definition) is 0. The Hall–Kier alpha value is -3.32. The maximum atomic E-state index is 4.09. The van der Waals surface area contributed by atoms with E-state index in [4.69, 9.17) is 0 Å². The summed E-state index contributed by atoms with van der Waals surface area (Å²) in [7, 11) is 2.16. The molecule has 1 heteroatoms. The third-order valence-corrected chi connectivity index (χ3v) is 5.68. The highest BCUT2D eigenvalue weighted by Gasteiger charge is 2.27. The first-order chi connectivity index (χ1) is 13.3. The maximum Gasteiger partial charge on any atom is 0.0804 e. The first-order valence-corrected chi connectivity index (χ1v) is 9.34. The molecule has 0 fully saturated rings. The first-order valence-electron chi connectivity index (χ1n) is 9.34. The van der Waals surface area contributed by atoms with E-state index in [0.29, 0.717) is 0 Å². The Balaban J connectivity index is 1.85. The summed E-state index contributed by atoms with van der Waals surface area (Å²) < 4.78 is 0. The van der Waals surface area contributed by atoms with Gasteiger partial charge in [-0.2, -0.15) is 0 Å². The molecule has 0 bridgehead atoms. The van der Waals surface area contributed by atoms with Gasteiger partial charge in [-0.05, 0) is 49.9 Å². The standard InChI is InChI=1S/C26H21N/c1-3-18-12-13-20-9-5-7-11-22(20)25(18)26-24-15-14-19-8-4-6-10-21(19)23(24)16-17-27(26)2/h3-17,26H,1H2,2H3. The summed E-state index contributed by atoms with van der Waals surface area (Å²) in [6.45, 7) is 4.09. The van der Waals surface area contributed by atoms with Gasteiger partial charge in [0.1, 0.15) is 0 Å². The van der Waals surface area contributed by atoms with E-state index in [2.05, 4.69) is 104 Å². The van der Waals surface area contributed by atoms with Crippen LogP contribution in [-0.4, -0.2) is 11.9 Å². The zero-order valence-electron chi connectivity index (χ0n) is 15.4. The van der Waals surface area contributed by atoms with E-state index in [0.717, 1.165) is 0 Å². The Labute approximate surface area is 159 Å². The molecule has 0 N–H and O–H groups in total. The van der Waals surface area contributed by atoms with Crippen LogP contribution in [0.2, 0.25) is 0 Å². The van der Waals surface area contributed by atoms with E-state index in [9.17, 15) is 0 Å². The molecule has 1 aliphatic heterocycles. The van der Waals surface area contributed by atoms with Crippen LogP contribution in [0, 0.1) is 0 Å². The molecule has 1 aliphatic rings. The van der Waals surface area contributed by atoms with Gasteiger partial charge in [-0.1, -0.05) is 85.5 Å². The molecule has 4 aromatic rings. The fourth-order valence-electron chi connectivity index (χ4n) is 4.39. The predicted molar refractivity (Wildman–Crippen MR) is 117 cm³/mol. The summed E-state index contributed by atoms with van der Waals surface area (Å²) in [5.41, 5.74) is 5.18. The normalized spacial score (nSPS) is 15.9. The van der Waals surface area contributed by atoms with Gasteiger partial charge in [-0.3, -0.25) is 0 Å². The zero-order chi connectivity index (χ0) is 18.4. The van der Waals surface area contributed by atoms with Gasteiger partial charge in [0.25, 0.3) is 0 Å². The molecule has 0 amide bonds. The van der Waals surface area contributed by atoms with Crippen LogP contribution < -0.4 is 0 Å². The van der Waals surface area contributed by atoms with Crippen molar-refractivity contribution >= 4 is 33.7 Å². The highest BCUT2D eigenvalue weighted by Crippen LogP contribution is 2.42. The Morgan fingerprint density at radius 1 is 0.815 bits per heavy atom. The fraction of sp³-hybridized carbons (Fsp3) is 0.0769. The number of rotatable bonds is 2. The minimum atomic E-state index is 0.161. The van der Waals surface area contributed by atoms with Crippen LogP contribution in [0.15, 0.2) is 85.6 Å². The molecule has 1 heterocycles. The monoisotopic (exact) mass is 347 g/mol. The van der Waals surface area contributed by atoms with E-state index in [1.165, 1.54) is 43.8 Å². The Morgan fingerprint density at radius 3 is 2.26 bits per heavy atom. The van der Waals surface area contributed by atoms with E-state index in [1.54, 1.807) is 0 Å². The van der Waals surface area contributed by atoms with Crippen LogP contribution in [-0.2, 0) is 0 Å². The molecule has 0 aromatic heterocycles. The van der Waals surface area contributed by atoms with Crippen molar-refractivity contribution in [3.05, 3.63) is 108 Å². The van der Waals surface area contributed by atoms with Crippen molar-refractivity contribution in [1.82, 2.24) is 4.90 Å². The molecule has 1 atom stereocenters. The molecular formula is C26H21N. The summed E-state index contributed by atoms with van der Waals surface area (Å²) in [6.07, 6.45) is 6.43. The number of hydrogen-bond acceptors (Lipinski definition) is 1. The second-order valence-electron chi connectivity index (χ2n) is 7.17. The summed E-state index contributed by atoms with van der Waals surface area (Å²) >= 11 is 0. The smallest absolute Gasteiger partial charge is 0.0804 e. The zero-order valence-corrected chi connectivity index (χ0v) is 15.4. The molecule has 0 spiro atoms. The van der Waals surface area contributed by atoms with Crippen molar-refractivity contribution in [1.29, 1.82) is 0 Å². The Morgan fingerprint density at radius 2 is 1.48 bits per heavy atom. The van der Waals surface area contributed by atoms with E-state index < -0.39 is 0 Å². The van der Waals surface area contributed by atoms with Gasteiger partial charge >= 0.3 is 0 Å². The van der Waals surface area contributed by atoms with Crippen molar-refractivity contribution in [2.45, 2.75) is 6.04 Å². The second kappa shape index (κ2) is 6.14. The van der Waals surface area contributed by atoms with Gasteiger partial charge in [0.05, 0.1) is 6.04 Å². The van der Waals surface area contributed by atoms with Crippen LogP contribution in [0.1, 0.15) is 28.3 Å². The summed E-state index contributed by atoms with van der Waals surface area (Å²) in [4.78, 5) is 2.31. The number of benzene rings is 4. The largest absolute Gasteiger partial charge is 0.369 e. The van der Waals surface area contributed by atoms with Crippen LogP contribution in [0.4, 0.5) is 0 Å². The SMILES string of the molecule is C=Cc1ccc2ccccc2c1C1c2ccc3ccccc3c2C=CN1C. The average Bonchev–Trinajstić information content (AvgIpc) is 2.73. The average molecular weight is 347 g/mol. The van der Waals surface area contributed by atoms with E-state index >= 15 is 0 Å². The van der Waals surface area contributed by atoms with Crippen LogP contribution in [0.3, 0.4) is 0 Å². The lowest BCUT2D eigenvalue weighted by Gasteiger charge is -2.34. The summed E-state index contributed by atoms with van der Waals surface area (Å²) in [5, 5.41) is 5.15. The van der Waals surface area contributed by atoms with Crippen molar-refractivity contribution in [2.75, 3.05) is 7.05 Å². The van der Waals surface area contributed by atoms with Crippen LogP contribution in [0.5, 0.6) is 0 Å². The Kier molecular flexibility index (Phi) is 3.61. The number of fused-ring (bicyclic) bond motifs is 4. The lowest BCUT2D eigenvalue weighted by atomic mass is 9.84. The molecule has 5 rings (SSSR count). The van der Waals surface area contributed by atoms with Gasteiger partial charge in [0.15, 0.2) is 0 Å². The molecule has 0 saturated heterocycles. The van der Waals surface area contributed by atoms with Gasteiger partial charge in [0.2, 0.25) is 0 Å². The topological polar surface area (TPSA) is 3.24 Å². The highest BCUT2D eigenvalue weighted by atomic mass is 15.1. The third kappa shape index (κ3) is 2.39. The van der Waals surface area contributed by atoms with Gasteiger partial charge in [-0.25, -0.2) is 0 Å². The first kappa shape index (κ1) is 15.9. The van der Waals surface area contributed by atoms with Crippen molar-refractivity contribution < 1.29 is 0 Å². The molecule has 1 unspecified atom stereocenters.